The Morgan fingerprint density at radius 2 is 2.53 bits per heavy atom. The lowest BCUT2D eigenvalue weighted by molar-refractivity contribution is -0.123. The first kappa shape index (κ1) is 11.6. The summed E-state index contributed by atoms with van der Waals surface area (Å²) in [6, 6.07) is 1.68. The van der Waals surface area contributed by atoms with Crippen LogP contribution in [0.25, 0.3) is 0 Å². The van der Waals surface area contributed by atoms with Crippen LogP contribution in [0.3, 0.4) is 0 Å². The van der Waals surface area contributed by atoms with Crippen LogP contribution in [0, 0.1) is 5.92 Å². The van der Waals surface area contributed by atoms with Crippen molar-refractivity contribution >= 4 is 23.1 Å². The first-order chi connectivity index (χ1) is 7.15. The van der Waals surface area contributed by atoms with Crippen molar-refractivity contribution in [3.05, 3.63) is 18.0 Å². The standard InChI is InChI=1S/C9H13N3O2S/c1-2-7(8(10)15)9(13)11-5-6-3-4-14-12-6/h3-4,7H,2,5H2,1H3,(H2,10,15)(H,11,13). The number of aromatic nitrogens is 1. The van der Waals surface area contributed by atoms with Crippen LogP contribution in [-0.2, 0) is 11.3 Å². The van der Waals surface area contributed by atoms with Gasteiger partial charge in [0.2, 0.25) is 5.91 Å². The van der Waals surface area contributed by atoms with Crippen molar-refractivity contribution in [2.24, 2.45) is 11.7 Å². The fraction of sp³-hybridized carbons (Fsp3) is 0.444. The van der Waals surface area contributed by atoms with Crippen molar-refractivity contribution in [3.63, 3.8) is 0 Å². The molecule has 0 fully saturated rings. The molecule has 0 saturated carbocycles. The lowest BCUT2D eigenvalue weighted by atomic mass is 10.1. The zero-order valence-electron chi connectivity index (χ0n) is 8.40. The lowest BCUT2D eigenvalue weighted by Gasteiger charge is -2.12. The second kappa shape index (κ2) is 5.45. The van der Waals surface area contributed by atoms with Gasteiger partial charge in [-0.25, -0.2) is 0 Å². The molecule has 0 spiro atoms. The van der Waals surface area contributed by atoms with Gasteiger partial charge in [0, 0.05) is 6.07 Å². The third kappa shape index (κ3) is 3.32. The number of hydrogen-bond acceptors (Lipinski definition) is 4. The van der Waals surface area contributed by atoms with Gasteiger partial charge in [-0.15, -0.1) is 0 Å². The minimum absolute atomic E-state index is 0.173. The van der Waals surface area contributed by atoms with Crippen molar-refractivity contribution in [1.82, 2.24) is 10.5 Å². The molecule has 1 unspecified atom stereocenters. The number of carbonyl (C=O) groups is 1. The highest BCUT2D eigenvalue weighted by Crippen LogP contribution is 2.03. The largest absolute Gasteiger partial charge is 0.393 e. The minimum atomic E-state index is -0.410. The summed E-state index contributed by atoms with van der Waals surface area (Å²) < 4.78 is 4.63. The molecule has 82 valence electrons. The average Bonchev–Trinajstić information content (AvgIpc) is 2.67. The molecular weight excluding hydrogens is 214 g/mol. The van der Waals surface area contributed by atoms with Gasteiger partial charge in [0.25, 0.3) is 0 Å². The van der Waals surface area contributed by atoms with Crippen LogP contribution >= 0.6 is 12.2 Å². The molecule has 0 aromatic carbocycles. The Kier molecular flexibility index (Phi) is 4.23. The number of rotatable bonds is 5. The summed E-state index contributed by atoms with van der Waals surface area (Å²) in [6.07, 6.45) is 2.05. The number of nitrogens with two attached hydrogens (primary N) is 1. The first-order valence-corrected chi connectivity index (χ1v) is 5.02. The monoisotopic (exact) mass is 227 g/mol. The van der Waals surface area contributed by atoms with Gasteiger partial charge >= 0.3 is 0 Å². The number of carbonyl (C=O) groups excluding carboxylic acids is 1. The van der Waals surface area contributed by atoms with Crippen molar-refractivity contribution in [2.45, 2.75) is 19.9 Å². The van der Waals surface area contributed by atoms with Gasteiger partial charge in [0.15, 0.2) is 0 Å². The van der Waals surface area contributed by atoms with Crippen LogP contribution in [0.5, 0.6) is 0 Å². The first-order valence-electron chi connectivity index (χ1n) is 4.61. The SMILES string of the molecule is CCC(C(=O)NCc1ccon1)C(N)=S. The van der Waals surface area contributed by atoms with Gasteiger partial charge in [-0.3, -0.25) is 4.79 Å². The Labute approximate surface area is 93.0 Å². The molecule has 0 aliphatic rings. The van der Waals surface area contributed by atoms with E-state index in [1.54, 1.807) is 6.07 Å². The normalized spacial score (nSPS) is 12.1. The highest BCUT2D eigenvalue weighted by molar-refractivity contribution is 7.80. The summed E-state index contributed by atoms with van der Waals surface area (Å²) in [7, 11) is 0. The lowest BCUT2D eigenvalue weighted by Crippen LogP contribution is -2.37. The zero-order valence-corrected chi connectivity index (χ0v) is 9.21. The molecule has 1 rings (SSSR count). The average molecular weight is 227 g/mol. The molecule has 15 heavy (non-hydrogen) atoms. The maximum atomic E-state index is 11.6. The van der Waals surface area contributed by atoms with E-state index in [0.29, 0.717) is 18.7 Å². The molecule has 1 heterocycles. The van der Waals surface area contributed by atoms with Crippen molar-refractivity contribution in [2.75, 3.05) is 0 Å². The van der Waals surface area contributed by atoms with E-state index in [4.69, 9.17) is 18.0 Å². The summed E-state index contributed by atoms with van der Waals surface area (Å²) in [5.41, 5.74) is 6.10. The molecule has 1 aromatic heterocycles. The topological polar surface area (TPSA) is 81.2 Å². The Morgan fingerprint density at radius 3 is 3.00 bits per heavy atom. The fourth-order valence-electron chi connectivity index (χ4n) is 1.15. The predicted octanol–water partition coefficient (Wildman–Crippen LogP) is 0.603. The smallest absolute Gasteiger partial charge is 0.230 e. The van der Waals surface area contributed by atoms with E-state index < -0.39 is 5.92 Å². The Bertz CT molecular complexity index is 337. The highest BCUT2D eigenvalue weighted by atomic mass is 32.1. The highest BCUT2D eigenvalue weighted by Gasteiger charge is 2.18. The van der Waals surface area contributed by atoms with Gasteiger partial charge in [0.1, 0.15) is 12.0 Å². The summed E-state index contributed by atoms with van der Waals surface area (Å²) >= 11 is 4.79. The van der Waals surface area contributed by atoms with Crippen LogP contribution in [0.1, 0.15) is 19.0 Å². The van der Waals surface area contributed by atoms with Crippen LogP contribution in [0.4, 0.5) is 0 Å². The molecule has 3 N–H and O–H groups in total. The maximum Gasteiger partial charge on any atom is 0.230 e. The summed E-state index contributed by atoms with van der Waals surface area (Å²) in [6.45, 7) is 2.19. The molecule has 1 atom stereocenters. The quantitative estimate of drug-likeness (QED) is 0.720. The maximum absolute atomic E-state index is 11.6. The van der Waals surface area contributed by atoms with E-state index in [-0.39, 0.29) is 10.9 Å². The number of thiocarbonyl (C=S) groups is 1. The molecule has 0 aliphatic carbocycles. The van der Waals surface area contributed by atoms with Crippen LogP contribution in [-0.4, -0.2) is 16.1 Å². The van der Waals surface area contributed by atoms with Crippen LogP contribution in [0.2, 0.25) is 0 Å². The number of hydrogen-bond donors (Lipinski definition) is 2. The van der Waals surface area contributed by atoms with Crippen molar-refractivity contribution in [1.29, 1.82) is 0 Å². The second-order valence-electron chi connectivity index (χ2n) is 3.07. The predicted molar refractivity (Wildman–Crippen MR) is 58.9 cm³/mol. The zero-order chi connectivity index (χ0) is 11.3. The molecule has 1 aromatic rings. The van der Waals surface area contributed by atoms with Gasteiger partial charge in [-0.1, -0.05) is 24.3 Å². The van der Waals surface area contributed by atoms with Gasteiger partial charge in [0.05, 0.1) is 17.5 Å². The van der Waals surface area contributed by atoms with Crippen molar-refractivity contribution in [3.8, 4) is 0 Å². The summed E-state index contributed by atoms with van der Waals surface area (Å²) in [4.78, 5) is 11.8. The van der Waals surface area contributed by atoms with Crippen LogP contribution < -0.4 is 11.1 Å². The summed E-state index contributed by atoms with van der Waals surface area (Å²) in [5.74, 6) is -0.583. The minimum Gasteiger partial charge on any atom is -0.393 e. The number of nitrogens with zero attached hydrogens (tertiary/aromatic N) is 1. The fourth-order valence-corrected chi connectivity index (χ4v) is 1.42. The van der Waals surface area contributed by atoms with Gasteiger partial charge in [-0.2, -0.15) is 0 Å². The Hall–Kier alpha value is -1.43. The Morgan fingerprint density at radius 1 is 1.80 bits per heavy atom. The van der Waals surface area contributed by atoms with E-state index in [2.05, 4.69) is 15.0 Å². The second-order valence-corrected chi connectivity index (χ2v) is 3.54. The van der Waals surface area contributed by atoms with Crippen LogP contribution in [0.15, 0.2) is 16.9 Å². The molecule has 0 saturated heterocycles. The van der Waals surface area contributed by atoms with E-state index in [0.717, 1.165) is 0 Å². The van der Waals surface area contributed by atoms with Gasteiger partial charge < -0.3 is 15.6 Å². The third-order valence-electron chi connectivity index (χ3n) is 2.00. The number of nitrogens with one attached hydrogen (secondary N) is 1. The summed E-state index contributed by atoms with van der Waals surface area (Å²) in [5, 5.41) is 6.35. The number of amides is 1. The van der Waals surface area contributed by atoms with E-state index in [1.807, 2.05) is 6.92 Å². The van der Waals surface area contributed by atoms with E-state index in [1.165, 1.54) is 6.26 Å². The molecule has 0 bridgehead atoms. The molecule has 0 aliphatic heterocycles. The van der Waals surface area contributed by atoms with Crippen molar-refractivity contribution < 1.29 is 9.32 Å². The van der Waals surface area contributed by atoms with E-state index in [9.17, 15) is 4.79 Å². The van der Waals surface area contributed by atoms with Gasteiger partial charge in [-0.05, 0) is 6.42 Å². The Balaban J connectivity index is 2.44. The molecule has 5 nitrogen and oxygen atoms in total. The third-order valence-corrected chi connectivity index (χ3v) is 2.29. The van der Waals surface area contributed by atoms with E-state index >= 15 is 0 Å². The molecule has 0 radical (unpaired) electrons. The molecule has 1 amide bonds. The molecule has 6 heteroatoms. The molecular formula is C9H13N3O2S.